The van der Waals surface area contributed by atoms with E-state index in [1.54, 1.807) is 13.8 Å². The average molecular weight is 130 g/mol. The molecule has 0 amide bonds. The minimum absolute atomic E-state index is 0. The second kappa shape index (κ2) is 27.1. The summed E-state index contributed by atoms with van der Waals surface area (Å²) < 4.78 is 0. The predicted molar refractivity (Wildman–Crippen MR) is 26.8 cm³/mol. The van der Waals surface area contributed by atoms with E-state index in [1.807, 2.05) is 0 Å². The van der Waals surface area contributed by atoms with Gasteiger partial charge in [0.2, 0.25) is 0 Å². The molecule has 40 valence electrons. The second-order valence-electron chi connectivity index (χ2n) is 0.577. The molecule has 2 nitrogen and oxygen atoms in total. The Balaban J connectivity index is -0.0000000400. The third kappa shape index (κ3) is 138. The van der Waals surface area contributed by atoms with Crippen LogP contribution in [0.1, 0.15) is 13.8 Å². The Labute approximate surface area is 74.5 Å². The first-order valence-electron chi connectivity index (χ1n) is 1.99. The molecule has 0 heterocycles. The Hall–Kier alpha value is 1.18. The average Bonchev–Trinajstić information content (AvgIpc) is 1.39. The van der Waals surface area contributed by atoms with Crippen LogP contribution >= 0.6 is 0 Å². The van der Waals surface area contributed by atoms with Crippen LogP contribution in [0.25, 0.3) is 0 Å². The Bertz CT molecular complexity index is 11.7. The molecule has 0 rings (SSSR count). The maximum atomic E-state index is 8.93. The SMILES string of the molecule is CC[O-].CC[O-].[Ca+2]. The number of hydrogen-bond acceptors (Lipinski definition) is 2. The van der Waals surface area contributed by atoms with Crippen molar-refractivity contribution in [2.24, 2.45) is 0 Å². The molecule has 0 atom stereocenters. The smallest absolute Gasteiger partial charge is 0.855 e. The molecule has 0 spiro atoms. The topological polar surface area (TPSA) is 46.1 Å². The van der Waals surface area contributed by atoms with Gasteiger partial charge in [-0.1, -0.05) is 13.8 Å². The summed E-state index contributed by atoms with van der Waals surface area (Å²) in [7, 11) is 0. The Morgan fingerprint density at radius 3 is 1.00 bits per heavy atom. The normalized spacial score (nSPS) is 5.14. The van der Waals surface area contributed by atoms with Gasteiger partial charge in [0.1, 0.15) is 0 Å². The van der Waals surface area contributed by atoms with E-state index in [0.29, 0.717) is 0 Å². The van der Waals surface area contributed by atoms with Crippen molar-refractivity contribution in [1.82, 2.24) is 0 Å². The summed E-state index contributed by atoms with van der Waals surface area (Å²) in [5, 5.41) is 17.9. The van der Waals surface area contributed by atoms with Crippen molar-refractivity contribution in [3.8, 4) is 0 Å². The van der Waals surface area contributed by atoms with Crippen LogP contribution in [0.15, 0.2) is 0 Å². The van der Waals surface area contributed by atoms with Gasteiger partial charge >= 0.3 is 37.7 Å². The molecule has 0 bridgehead atoms. The molecule has 0 aliphatic heterocycles. The largest absolute Gasteiger partial charge is 2.00 e. The third-order valence-corrected chi connectivity index (χ3v) is 0. The van der Waals surface area contributed by atoms with Crippen LogP contribution in [0.2, 0.25) is 0 Å². The van der Waals surface area contributed by atoms with E-state index in [4.69, 9.17) is 10.2 Å². The molecule has 0 saturated carbocycles. The van der Waals surface area contributed by atoms with Crippen molar-refractivity contribution in [3.63, 3.8) is 0 Å². The van der Waals surface area contributed by atoms with E-state index < -0.39 is 0 Å². The zero-order valence-electron chi connectivity index (χ0n) is 4.94. The van der Waals surface area contributed by atoms with Crippen molar-refractivity contribution in [3.05, 3.63) is 0 Å². The van der Waals surface area contributed by atoms with Crippen LogP contribution in [0.3, 0.4) is 0 Å². The van der Waals surface area contributed by atoms with Crippen LogP contribution in [0.4, 0.5) is 0 Å². The summed E-state index contributed by atoms with van der Waals surface area (Å²) in [5.74, 6) is 0. The zero-order chi connectivity index (χ0) is 5.41. The summed E-state index contributed by atoms with van der Waals surface area (Å²) in [6.45, 7) is 3.14. The van der Waals surface area contributed by atoms with Crippen molar-refractivity contribution >= 4 is 37.7 Å². The Morgan fingerprint density at radius 1 is 1.00 bits per heavy atom. The summed E-state index contributed by atoms with van der Waals surface area (Å²) in [4.78, 5) is 0. The van der Waals surface area contributed by atoms with Gasteiger partial charge in [-0.3, -0.25) is 0 Å². The molecular weight excluding hydrogens is 120 g/mol. The monoisotopic (exact) mass is 130 g/mol. The first-order chi connectivity index (χ1) is 2.83. The van der Waals surface area contributed by atoms with Crippen LogP contribution < -0.4 is 10.2 Å². The maximum absolute atomic E-state index is 8.93. The molecule has 0 radical (unpaired) electrons. The van der Waals surface area contributed by atoms with Gasteiger partial charge < -0.3 is 10.2 Å². The fourth-order valence-electron chi connectivity index (χ4n) is 0. The van der Waals surface area contributed by atoms with Crippen LogP contribution in [0.5, 0.6) is 0 Å². The minimum atomic E-state index is 0. The van der Waals surface area contributed by atoms with Crippen molar-refractivity contribution in [2.45, 2.75) is 13.8 Å². The summed E-state index contributed by atoms with van der Waals surface area (Å²) in [6.07, 6.45) is 0. The molecule has 7 heavy (non-hydrogen) atoms. The quantitative estimate of drug-likeness (QED) is 0.369. The Morgan fingerprint density at radius 2 is 1.00 bits per heavy atom. The molecule has 0 aliphatic carbocycles. The molecule has 0 aromatic rings. The minimum Gasteiger partial charge on any atom is -0.855 e. The zero-order valence-corrected chi connectivity index (χ0v) is 7.15. The fourth-order valence-corrected chi connectivity index (χ4v) is 0. The van der Waals surface area contributed by atoms with Crippen LogP contribution in [0, 0.1) is 0 Å². The standard InChI is InChI=1S/2C2H5O.Ca/c2*1-2-3;/h2*2H2,1H3;/q2*-1;+2. The number of hydrogen-bond donors (Lipinski definition) is 0. The first kappa shape index (κ1) is 15.7. The van der Waals surface area contributed by atoms with Gasteiger partial charge in [0.25, 0.3) is 0 Å². The maximum Gasteiger partial charge on any atom is 2.00 e. The van der Waals surface area contributed by atoms with E-state index in [2.05, 4.69) is 0 Å². The second-order valence-corrected chi connectivity index (χ2v) is 0.577. The van der Waals surface area contributed by atoms with Crippen LogP contribution in [-0.4, -0.2) is 51.0 Å². The van der Waals surface area contributed by atoms with E-state index in [9.17, 15) is 0 Å². The Kier molecular flexibility index (Phi) is 60.9. The molecular formula is C4H10CaO2. The van der Waals surface area contributed by atoms with Gasteiger partial charge in [-0.25, -0.2) is 0 Å². The van der Waals surface area contributed by atoms with Crippen molar-refractivity contribution < 1.29 is 10.2 Å². The van der Waals surface area contributed by atoms with Gasteiger partial charge in [0, 0.05) is 0 Å². The predicted octanol–water partition coefficient (Wildman–Crippen LogP) is -1.65. The molecule has 0 fully saturated rings. The molecule has 0 saturated heterocycles. The molecule has 0 aliphatic rings. The summed E-state index contributed by atoms with van der Waals surface area (Å²) >= 11 is 0. The van der Waals surface area contributed by atoms with Crippen LogP contribution in [-0.2, 0) is 0 Å². The first-order valence-corrected chi connectivity index (χ1v) is 1.99. The molecule has 0 unspecified atom stereocenters. The summed E-state index contributed by atoms with van der Waals surface area (Å²) in [5.41, 5.74) is 0. The van der Waals surface area contributed by atoms with E-state index in [0.717, 1.165) is 0 Å². The van der Waals surface area contributed by atoms with Gasteiger partial charge in [0.15, 0.2) is 0 Å². The van der Waals surface area contributed by atoms with Gasteiger partial charge in [0.05, 0.1) is 0 Å². The summed E-state index contributed by atoms with van der Waals surface area (Å²) in [6, 6.07) is 0. The van der Waals surface area contributed by atoms with E-state index >= 15 is 0 Å². The van der Waals surface area contributed by atoms with E-state index in [-0.39, 0.29) is 51.0 Å². The van der Waals surface area contributed by atoms with Gasteiger partial charge in [-0.05, 0) is 0 Å². The van der Waals surface area contributed by atoms with E-state index in [1.165, 1.54) is 0 Å². The van der Waals surface area contributed by atoms with Crippen molar-refractivity contribution in [2.75, 3.05) is 13.2 Å². The fraction of sp³-hybridized carbons (Fsp3) is 1.00. The molecule has 0 aromatic heterocycles. The third-order valence-electron chi connectivity index (χ3n) is 0. The molecule has 0 N–H and O–H groups in total. The number of rotatable bonds is 0. The van der Waals surface area contributed by atoms with Gasteiger partial charge in [-0.15, -0.1) is 13.2 Å². The van der Waals surface area contributed by atoms with Gasteiger partial charge in [-0.2, -0.15) is 0 Å². The molecule has 3 heteroatoms. The van der Waals surface area contributed by atoms with Crippen molar-refractivity contribution in [1.29, 1.82) is 0 Å². The molecule has 0 aromatic carbocycles.